The van der Waals surface area contributed by atoms with Gasteiger partial charge < -0.3 is 30.1 Å². The highest BCUT2D eigenvalue weighted by molar-refractivity contribution is 6.20. The van der Waals surface area contributed by atoms with E-state index in [1.165, 1.54) is 17.0 Å². The summed E-state index contributed by atoms with van der Waals surface area (Å²) in [7, 11) is 3.14. The number of rotatable bonds is 6. The van der Waals surface area contributed by atoms with Crippen molar-refractivity contribution in [3.63, 3.8) is 0 Å². The van der Waals surface area contributed by atoms with Gasteiger partial charge in [-0.2, -0.15) is 0 Å². The average molecular weight is 481 g/mol. The zero-order chi connectivity index (χ0) is 25.5. The fourth-order valence-corrected chi connectivity index (χ4v) is 3.94. The second-order valence-corrected chi connectivity index (χ2v) is 9.62. The van der Waals surface area contributed by atoms with Gasteiger partial charge >= 0.3 is 0 Å². The number of aromatic hydroxyl groups is 1. The predicted molar refractivity (Wildman–Crippen MR) is 128 cm³/mol. The van der Waals surface area contributed by atoms with Crippen molar-refractivity contribution in [1.29, 1.82) is 0 Å². The van der Waals surface area contributed by atoms with Crippen LogP contribution in [0.15, 0.2) is 47.8 Å². The summed E-state index contributed by atoms with van der Waals surface area (Å²) in [6, 6.07) is 9.70. The van der Waals surface area contributed by atoms with E-state index in [2.05, 4.69) is 16.0 Å². The van der Waals surface area contributed by atoms with Crippen molar-refractivity contribution in [3.05, 3.63) is 58.9 Å². The predicted octanol–water partition coefficient (Wildman–Crippen LogP) is 2.48. The second-order valence-electron chi connectivity index (χ2n) is 9.62. The van der Waals surface area contributed by atoms with E-state index in [4.69, 9.17) is 9.47 Å². The lowest BCUT2D eigenvalue weighted by molar-refractivity contribution is -0.124. The monoisotopic (exact) mass is 480 g/mol. The maximum absolute atomic E-state index is 12.8. The third kappa shape index (κ3) is 4.59. The van der Waals surface area contributed by atoms with Crippen molar-refractivity contribution >= 4 is 23.4 Å². The molecule has 10 heteroatoms. The van der Waals surface area contributed by atoms with Crippen LogP contribution in [0.5, 0.6) is 17.2 Å². The minimum atomic E-state index is -0.653. The summed E-state index contributed by atoms with van der Waals surface area (Å²) >= 11 is 0. The smallest absolute Gasteiger partial charge is 0.276 e. The van der Waals surface area contributed by atoms with Gasteiger partial charge in [0.25, 0.3) is 17.7 Å². The zero-order valence-corrected chi connectivity index (χ0v) is 20.2. The lowest BCUT2D eigenvalue weighted by atomic mass is 9.82. The molecule has 10 nitrogen and oxygen atoms in total. The van der Waals surface area contributed by atoms with E-state index >= 15 is 0 Å². The molecule has 4 rings (SSSR count). The number of nitrogens with zero attached hydrogens (tertiary/aromatic N) is 1. The first-order valence-electron chi connectivity index (χ1n) is 11.0. The number of hydrogen-bond donors (Lipinski definition) is 4. The topological polar surface area (TPSA) is 129 Å². The molecule has 2 aromatic carbocycles. The Bertz CT molecular complexity index is 1250. The van der Waals surface area contributed by atoms with E-state index in [0.29, 0.717) is 11.5 Å². The van der Waals surface area contributed by atoms with Crippen LogP contribution in [0.2, 0.25) is 0 Å². The Balaban J connectivity index is 1.71. The molecule has 1 atom stereocenters. The number of anilines is 1. The Morgan fingerprint density at radius 3 is 2.43 bits per heavy atom. The number of ether oxygens (including phenoxy) is 2. The highest BCUT2D eigenvalue weighted by Gasteiger charge is 2.36. The molecule has 0 aromatic heterocycles. The number of amides is 3. The number of imide groups is 1. The molecule has 184 valence electrons. The Labute approximate surface area is 202 Å². The number of carbonyl (C=O) groups excluding carboxylic acids is 3. The molecule has 2 aliphatic rings. The third-order valence-electron chi connectivity index (χ3n) is 5.75. The van der Waals surface area contributed by atoms with Crippen molar-refractivity contribution in [1.82, 2.24) is 15.5 Å². The summed E-state index contributed by atoms with van der Waals surface area (Å²) < 4.78 is 10.9. The van der Waals surface area contributed by atoms with E-state index in [1.54, 1.807) is 26.2 Å². The van der Waals surface area contributed by atoms with Crippen LogP contribution in [0.1, 0.15) is 42.7 Å². The molecule has 2 heterocycles. The average Bonchev–Trinajstić information content (AvgIpc) is 3.35. The standard InChI is InChI=1S/C25H28N4O6/c1-25(2,3)21(13-9-10-16-17(11-13)35-12-34-16)27-19-18(22(31)28-23(19)32)26-15-8-6-7-14(20(15)30)24(33)29(4)5/h6-11,21,30H,12H2,1-5H3,(H3,26,27,28,31,32)/t21-/m0/s1. The molecule has 3 amide bonds. The number of phenolic OH excluding ortho intramolecular Hbond substituents is 1. The molecule has 0 saturated heterocycles. The number of fused-ring (bicyclic) bond motifs is 1. The number of hydrogen-bond acceptors (Lipinski definition) is 8. The molecule has 0 bridgehead atoms. The van der Waals surface area contributed by atoms with Crippen molar-refractivity contribution < 1.29 is 29.0 Å². The highest BCUT2D eigenvalue weighted by Crippen LogP contribution is 2.40. The van der Waals surface area contributed by atoms with Crippen molar-refractivity contribution in [2.75, 3.05) is 26.2 Å². The van der Waals surface area contributed by atoms with Gasteiger partial charge in [-0.3, -0.25) is 19.7 Å². The quantitative estimate of drug-likeness (QED) is 0.367. The van der Waals surface area contributed by atoms with Crippen molar-refractivity contribution in [3.8, 4) is 17.2 Å². The fourth-order valence-electron chi connectivity index (χ4n) is 3.94. The highest BCUT2D eigenvalue weighted by atomic mass is 16.7. The summed E-state index contributed by atoms with van der Waals surface area (Å²) in [5.41, 5.74) is 0.603. The maximum Gasteiger partial charge on any atom is 0.276 e. The summed E-state index contributed by atoms with van der Waals surface area (Å²) in [5.74, 6) is -0.744. The Hall–Kier alpha value is -4.21. The largest absolute Gasteiger partial charge is 0.505 e. The molecule has 0 spiro atoms. The van der Waals surface area contributed by atoms with Gasteiger partial charge in [0.1, 0.15) is 11.4 Å². The first-order chi connectivity index (χ1) is 16.5. The lowest BCUT2D eigenvalue weighted by Gasteiger charge is -2.33. The van der Waals surface area contributed by atoms with Gasteiger partial charge in [0.2, 0.25) is 6.79 Å². The Morgan fingerprint density at radius 2 is 1.74 bits per heavy atom. The first-order valence-corrected chi connectivity index (χ1v) is 11.0. The molecule has 4 N–H and O–H groups in total. The minimum Gasteiger partial charge on any atom is -0.505 e. The van der Waals surface area contributed by atoms with Crippen LogP contribution in [0, 0.1) is 5.41 Å². The summed E-state index contributed by atoms with van der Waals surface area (Å²) in [5, 5.41) is 19.0. The van der Waals surface area contributed by atoms with Crippen LogP contribution < -0.4 is 25.4 Å². The van der Waals surface area contributed by atoms with Crippen LogP contribution in [0.3, 0.4) is 0 Å². The van der Waals surface area contributed by atoms with E-state index in [9.17, 15) is 19.5 Å². The van der Waals surface area contributed by atoms with Gasteiger partial charge in [0, 0.05) is 14.1 Å². The van der Waals surface area contributed by atoms with Crippen LogP contribution in [0.25, 0.3) is 0 Å². The molecule has 2 aromatic rings. The summed E-state index contributed by atoms with van der Waals surface area (Å²) in [4.78, 5) is 39.1. The minimum absolute atomic E-state index is 0.0244. The van der Waals surface area contributed by atoms with Crippen LogP contribution in [-0.4, -0.2) is 48.6 Å². The first kappa shape index (κ1) is 23.9. The van der Waals surface area contributed by atoms with Crippen LogP contribution in [-0.2, 0) is 9.59 Å². The summed E-state index contributed by atoms with van der Waals surface area (Å²) in [6.45, 7) is 6.14. The number of carbonyl (C=O) groups is 3. The van der Waals surface area contributed by atoms with Gasteiger partial charge in [-0.15, -0.1) is 0 Å². The van der Waals surface area contributed by atoms with Crippen molar-refractivity contribution in [2.24, 2.45) is 5.41 Å². The van der Waals surface area contributed by atoms with E-state index in [-0.39, 0.29) is 40.6 Å². The molecule has 0 unspecified atom stereocenters. The van der Waals surface area contributed by atoms with E-state index in [0.717, 1.165) is 5.56 Å². The molecule has 0 fully saturated rings. The Morgan fingerprint density at radius 1 is 1.06 bits per heavy atom. The molecule has 0 saturated carbocycles. The molecule has 0 aliphatic carbocycles. The summed E-state index contributed by atoms with van der Waals surface area (Å²) in [6.07, 6.45) is 0. The fraction of sp³-hybridized carbons (Fsp3) is 0.320. The molecule has 0 radical (unpaired) electrons. The van der Waals surface area contributed by atoms with Gasteiger partial charge in [0.15, 0.2) is 17.2 Å². The van der Waals surface area contributed by atoms with Gasteiger partial charge in [0.05, 0.1) is 17.3 Å². The number of phenols is 1. The maximum atomic E-state index is 12.8. The Kier molecular flexibility index (Phi) is 6.06. The van der Waals surface area contributed by atoms with Gasteiger partial charge in [-0.25, -0.2) is 0 Å². The number of para-hydroxylation sites is 1. The molecule has 35 heavy (non-hydrogen) atoms. The third-order valence-corrected chi connectivity index (χ3v) is 5.75. The van der Waals surface area contributed by atoms with Crippen LogP contribution in [0.4, 0.5) is 5.69 Å². The normalized spacial score (nSPS) is 15.7. The zero-order valence-electron chi connectivity index (χ0n) is 20.2. The molecular formula is C25H28N4O6. The number of nitrogens with one attached hydrogen (secondary N) is 3. The van der Waals surface area contributed by atoms with Gasteiger partial charge in [-0.1, -0.05) is 32.9 Å². The van der Waals surface area contributed by atoms with Gasteiger partial charge in [-0.05, 0) is 35.2 Å². The second kappa shape index (κ2) is 8.86. The van der Waals surface area contributed by atoms with E-state index in [1.807, 2.05) is 32.9 Å². The van der Waals surface area contributed by atoms with Crippen molar-refractivity contribution in [2.45, 2.75) is 26.8 Å². The molecular weight excluding hydrogens is 452 g/mol. The molecule has 2 aliphatic heterocycles. The SMILES string of the molecule is CN(C)C(=O)c1cccc(NC2=C(N[C@@H](c3ccc4c(c3)OCO4)C(C)(C)C)C(=O)NC2=O)c1O. The lowest BCUT2D eigenvalue weighted by Crippen LogP contribution is -2.35. The number of benzene rings is 2. The van der Waals surface area contributed by atoms with Crippen LogP contribution >= 0.6 is 0 Å². The van der Waals surface area contributed by atoms with E-state index < -0.39 is 23.8 Å².